The van der Waals surface area contributed by atoms with Crippen molar-refractivity contribution >= 4 is 0 Å². The maximum Gasteiger partial charge on any atom is 0.261 e. The molecule has 0 aromatic rings. The number of halogens is 2. The Morgan fingerprint density at radius 3 is 2.69 bits per heavy atom. The fourth-order valence-corrected chi connectivity index (χ4v) is 1.83. The van der Waals surface area contributed by atoms with Crippen molar-refractivity contribution in [3.8, 4) is 0 Å². The maximum absolute atomic E-state index is 11.7. The average molecular weight is 193 g/mol. The van der Waals surface area contributed by atoms with Gasteiger partial charge in [-0.05, 0) is 25.2 Å². The van der Waals surface area contributed by atoms with Gasteiger partial charge in [-0.2, -0.15) is 0 Å². The van der Waals surface area contributed by atoms with Gasteiger partial charge in [0.15, 0.2) is 0 Å². The first-order valence-electron chi connectivity index (χ1n) is 4.81. The number of hydrogen-bond acceptors (Lipinski definition) is 2. The van der Waals surface area contributed by atoms with Gasteiger partial charge >= 0.3 is 0 Å². The third kappa shape index (κ3) is 4.00. The zero-order chi connectivity index (χ0) is 9.68. The van der Waals surface area contributed by atoms with Gasteiger partial charge in [-0.1, -0.05) is 6.42 Å². The molecule has 78 valence electrons. The molecule has 2 nitrogen and oxygen atoms in total. The van der Waals surface area contributed by atoms with Gasteiger partial charge in [0.25, 0.3) is 6.43 Å². The summed E-state index contributed by atoms with van der Waals surface area (Å²) in [6.45, 7) is -0.0232. The highest BCUT2D eigenvalue weighted by Crippen LogP contribution is 2.26. The van der Waals surface area contributed by atoms with E-state index in [-0.39, 0.29) is 6.04 Å². The lowest BCUT2D eigenvalue weighted by Crippen LogP contribution is -2.25. The molecule has 1 aliphatic rings. The summed E-state index contributed by atoms with van der Waals surface area (Å²) < 4.78 is 28.1. The van der Waals surface area contributed by atoms with Crippen molar-refractivity contribution in [2.24, 2.45) is 11.7 Å². The van der Waals surface area contributed by atoms with E-state index in [4.69, 9.17) is 10.5 Å². The average Bonchev–Trinajstić information content (AvgIpc) is 2.45. The molecule has 4 heteroatoms. The Morgan fingerprint density at radius 2 is 2.15 bits per heavy atom. The Kier molecular flexibility index (Phi) is 4.59. The minimum atomic E-state index is -2.35. The van der Waals surface area contributed by atoms with E-state index in [0.29, 0.717) is 12.5 Å². The molecular formula is C9H17F2NO. The van der Waals surface area contributed by atoms with E-state index in [9.17, 15) is 8.78 Å². The van der Waals surface area contributed by atoms with E-state index in [1.54, 1.807) is 0 Å². The predicted molar refractivity (Wildman–Crippen MR) is 46.8 cm³/mol. The van der Waals surface area contributed by atoms with Crippen LogP contribution in [0.25, 0.3) is 0 Å². The fourth-order valence-electron chi connectivity index (χ4n) is 1.83. The van der Waals surface area contributed by atoms with E-state index in [1.165, 1.54) is 6.42 Å². The fraction of sp³-hybridized carbons (Fsp3) is 1.00. The molecule has 2 atom stereocenters. The molecule has 0 aliphatic heterocycles. The van der Waals surface area contributed by atoms with Crippen molar-refractivity contribution in [1.29, 1.82) is 0 Å². The first-order valence-corrected chi connectivity index (χ1v) is 4.81. The molecule has 2 N–H and O–H groups in total. The first-order chi connectivity index (χ1) is 6.20. The SMILES string of the molecule is NC1CCCC1CCOCC(F)F. The standard InChI is InChI=1S/C9H17F2NO/c10-9(11)6-13-5-4-7-2-1-3-8(7)12/h7-9H,1-6,12H2. The molecule has 0 spiro atoms. The molecule has 1 fully saturated rings. The quantitative estimate of drug-likeness (QED) is 0.675. The van der Waals surface area contributed by atoms with Crippen molar-refractivity contribution < 1.29 is 13.5 Å². The summed E-state index contributed by atoms with van der Waals surface area (Å²) in [6.07, 6.45) is 1.84. The highest BCUT2D eigenvalue weighted by Gasteiger charge is 2.23. The van der Waals surface area contributed by atoms with Crippen molar-refractivity contribution in [3.63, 3.8) is 0 Å². The van der Waals surface area contributed by atoms with Gasteiger partial charge in [0, 0.05) is 12.6 Å². The predicted octanol–water partition coefficient (Wildman–Crippen LogP) is 1.79. The molecule has 1 saturated carbocycles. The van der Waals surface area contributed by atoms with Crippen LogP contribution in [0.2, 0.25) is 0 Å². The zero-order valence-electron chi connectivity index (χ0n) is 7.72. The topological polar surface area (TPSA) is 35.2 Å². The summed E-state index contributed by atoms with van der Waals surface area (Å²) in [4.78, 5) is 0. The summed E-state index contributed by atoms with van der Waals surface area (Å²) in [6, 6.07) is 0.259. The molecule has 0 bridgehead atoms. The van der Waals surface area contributed by atoms with E-state index in [2.05, 4.69) is 0 Å². The molecule has 2 unspecified atom stereocenters. The molecule has 1 rings (SSSR count). The number of ether oxygens (including phenoxy) is 1. The van der Waals surface area contributed by atoms with E-state index < -0.39 is 13.0 Å². The van der Waals surface area contributed by atoms with E-state index in [0.717, 1.165) is 19.3 Å². The molecule has 0 aromatic heterocycles. The van der Waals surface area contributed by atoms with Crippen LogP contribution in [0, 0.1) is 5.92 Å². The van der Waals surface area contributed by atoms with E-state index in [1.807, 2.05) is 0 Å². The highest BCUT2D eigenvalue weighted by atomic mass is 19.3. The van der Waals surface area contributed by atoms with Gasteiger partial charge in [0.1, 0.15) is 6.61 Å². The number of rotatable bonds is 5. The van der Waals surface area contributed by atoms with Crippen LogP contribution in [0.1, 0.15) is 25.7 Å². The molecule has 0 radical (unpaired) electrons. The first kappa shape index (κ1) is 10.9. The van der Waals surface area contributed by atoms with Crippen LogP contribution < -0.4 is 5.73 Å². The van der Waals surface area contributed by atoms with Crippen molar-refractivity contribution in [2.45, 2.75) is 38.2 Å². The van der Waals surface area contributed by atoms with Gasteiger partial charge in [0.05, 0.1) is 0 Å². The zero-order valence-corrected chi connectivity index (χ0v) is 7.72. The van der Waals surface area contributed by atoms with Crippen LogP contribution in [0.15, 0.2) is 0 Å². The Morgan fingerprint density at radius 1 is 1.38 bits per heavy atom. The minimum absolute atomic E-state index is 0.259. The van der Waals surface area contributed by atoms with Crippen molar-refractivity contribution in [2.75, 3.05) is 13.2 Å². The molecular weight excluding hydrogens is 176 g/mol. The monoisotopic (exact) mass is 193 g/mol. The van der Waals surface area contributed by atoms with Gasteiger partial charge in [0.2, 0.25) is 0 Å². The lowest BCUT2D eigenvalue weighted by molar-refractivity contribution is 0.0127. The molecule has 0 heterocycles. The number of hydrogen-bond donors (Lipinski definition) is 1. The number of alkyl halides is 2. The van der Waals surface area contributed by atoms with Gasteiger partial charge in [-0.3, -0.25) is 0 Å². The third-order valence-corrected chi connectivity index (χ3v) is 2.59. The second kappa shape index (κ2) is 5.50. The lowest BCUT2D eigenvalue weighted by atomic mass is 10.0. The van der Waals surface area contributed by atoms with Gasteiger partial charge < -0.3 is 10.5 Å². The summed E-state index contributed by atoms with van der Waals surface area (Å²) in [5.74, 6) is 0.484. The molecule has 13 heavy (non-hydrogen) atoms. The largest absolute Gasteiger partial charge is 0.376 e. The summed E-state index contributed by atoms with van der Waals surface area (Å²) >= 11 is 0. The van der Waals surface area contributed by atoms with E-state index >= 15 is 0 Å². The Labute approximate surface area is 77.4 Å². The van der Waals surface area contributed by atoms with Crippen molar-refractivity contribution in [3.05, 3.63) is 0 Å². The third-order valence-electron chi connectivity index (χ3n) is 2.59. The number of nitrogens with two attached hydrogens (primary N) is 1. The summed E-state index contributed by atoms with van der Waals surface area (Å²) in [5.41, 5.74) is 5.82. The van der Waals surface area contributed by atoms with Gasteiger partial charge in [-0.15, -0.1) is 0 Å². The van der Waals surface area contributed by atoms with Crippen LogP contribution in [0.3, 0.4) is 0 Å². The summed E-state index contributed by atoms with van der Waals surface area (Å²) in [7, 11) is 0. The molecule has 0 saturated heterocycles. The van der Waals surface area contributed by atoms with Crippen molar-refractivity contribution in [1.82, 2.24) is 0 Å². The molecule has 1 aliphatic carbocycles. The van der Waals surface area contributed by atoms with Crippen LogP contribution in [-0.4, -0.2) is 25.7 Å². The van der Waals surface area contributed by atoms with Crippen LogP contribution in [0.5, 0.6) is 0 Å². The molecule has 0 amide bonds. The Bertz CT molecular complexity index is 144. The highest BCUT2D eigenvalue weighted by molar-refractivity contribution is 4.79. The van der Waals surface area contributed by atoms with Crippen LogP contribution in [-0.2, 0) is 4.74 Å². The second-order valence-electron chi connectivity index (χ2n) is 3.61. The normalized spacial score (nSPS) is 28.6. The summed E-state index contributed by atoms with van der Waals surface area (Å²) in [5, 5.41) is 0. The van der Waals surface area contributed by atoms with Crippen LogP contribution >= 0.6 is 0 Å². The Hall–Kier alpha value is -0.220. The lowest BCUT2D eigenvalue weighted by Gasteiger charge is -2.14. The Balaban J connectivity index is 1.99. The van der Waals surface area contributed by atoms with Crippen LogP contribution in [0.4, 0.5) is 8.78 Å². The maximum atomic E-state index is 11.7. The minimum Gasteiger partial charge on any atom is -0.376 e. The smallest absolute Gasteiger partial charge is 0.261 e. The molecule has 0 aromatic carbocycles. The second-order valence-corrected chi connectivity index (χ2v) is 3.61. The van der Waals surface area contributed by atoms with Gasteiger partial charge in [-0.25, -0.2) is 8.78 Å².